The van der Waals surface area contributed by atoms with Crippen LogP contribution in [0.3, 0.4) is 0 Å². The third kappa shape index (κ3) is 5.38. The zero-order valence-corrected chi connectivity index (χ0v) is 17.7. The zero-order valence-electron chi connectivity index (χ0n) is 17.7. The monoisotopic (exact) mass is 410 g/mol. The highest BCUT2D eigenvalue weighted by atomic mass is 16.5. The van der Waals surface area contributed by atoms with Gasteiger partial charge >= 0.3 is 6.09 Å². The van der Waals surface area contributed by atoms with Crippen molar-refractivity contribution in [2.24, 2.45) is 5.92 Å². The van der Waals surface area contributed by atoms with Gasteiger partial charge in [0.2, 0.25) is 0 Å². The van der Waals surface area contributed by atoms with E-state index >= 15 is 0 Å². The van der Waals surface area contributed by atoms with E-state index in [1.807, 2.05) is 31.2 Å². The third-order valence-electron chi connectivity index (χ3n) is 5.73. The molecule has 1 heterocycles. The first kappa shape index (κ1) is 20.4. The highest BCUT2D eigenvalue weighted by Gasteiger charge is 2.25. The molecule has 30 heavy (non-hydrogen) atoms. The first-order chi connectivity index (χ1) is 14.6. The molecule has 2 aliphatic rings. The van der Waals surface area contributed by atoms with Crippen molar-refractivity contribution in [3.05, 3.63) is 54.1 Å². The Balaban J connectivity index is 1.26. The van der Waals surface area contributed by atoms with Crippen molar-refractivity contribution in [3.63, 3.8) is 0 Å². The minimum absolute atomic E-state index is 0.121. The lowest BCUT2D eigenvalue weighted by Crippen LogP contribution is -2.26. The van der Waals surface area contributed by atoms with E-state index in [9.17, 15) is 4.79 Å². The molecule has 2 fully saturated rings. The fourth-order valence-electron chi connectivity index (χ4n) is 3.66. The first-order valence-corrected chi connectivity index (χ1v) is 10.7. The number of amides is 1. The second kappa shape index (κ2) is 9.28. The van der Waals surface area contributed by atoms with E-state index in [0.717, 1.165) is 49.1 Å². The Bertz CT molecular complexity index is 833. The number of nitrogens with one attached hydrogen (secondary N) is 1. The molecule has 0 bridgehead atoms. The fraction of sp³-hybridized carbons (Fsp3) is 0.458. The third-order valence-corrected chi connectivity index (χ3v) is 5.73. The lowest BCUT2D eigenvalue weighted by molar-refractivity contribution is 0.167. The molecule has 1 aliphatic heterocycles. The molecule has 1 N–H and O–H groups in total. The van der Waals surface area contributed by atoms with Crippen molar-refractivity contribution in [2.75, 3.05) is 31.7 Å². The van der Waals surface area contributed by atoms with Crippen molar-refractivity contribution < 1.29 is 19.0 Å². The number of hydrogen-bond donors (Lipinski definition) is 1. The predicted octanol–water partition coefficient (Wildman–Crippen LogP) is 4.55. The van der Waals surface area contributed by atoms with E-state index in [1.165, 1.54) is 25.6 Å². The summed E-state index contributed by atoms with van der Waals surface area (Å²) < 4.78 is 16.7. The summed E-state index contributed by atoms with van der Waals surface area (Å²) in [4.78, 5) is 13.7. The molecule has 0 spiro atoms. The van der Waals surface area contributed by atoms with Gasteiger partial charge in [-0.05, 0) is 67.6 Å². The Hall–Kier alpha value is -2.89. The Labute approximate surface area is 178 Å². The largest absolute Gasteiger partial charge is 0.493 e. The van der Waals surface area contributed by atoms with E-state index < -0.39 is 6.09 Å². The van der Waals surface area contributed by atoms with Gasteiger partial charge in [-0.1, -0.05) is 12.1 Å². The highest BCUT2D eigenvalue weighted by Crippen LogP contribution is 2.30. The van der Waals surface area contributed by atoms with E-state index in [1.54, 1.807) is 0 Å². The average molecular weight is 411 g/mol. The normalized spacial score (nSPS) is 19.3. The number of rotatable bonds is 8. The molecule has 1 saturated carbocycles. The standard InChI is InChI=1S/C24H30N2O4/c1-17(25-24(27)28-2)19-5-9-22(10-6-19)30-23-13-14-26(15-23)20-7-11-21(12-8-20)29-16-18-3-4-18/h5-12,17-18,23H,3-4,13-16H2,1-2H3,(H,25,27). The summed E-state index contributed by atoms with van der Waals surface area (Å²) in [5, 5.41) is 2.77. The van der Waals surface area contributed by atoms with Crippen LogP contribution in [0.2, 0.25) is 0 Å². The second-order valence-electron chi connectivity index (χ2n) is 8.15. The van der Waals surface area contributed by atoms with Crippen LogP contribution in [-0.4, -0.2) is 39.0 Å². The van der Waals surface area contributed by atoms with Gasteiger partial charge in [0.25, 0.3) is 0 Å². The number of carbonyl (C=O) groups excluding carboxylic acids is 1. The Kier molecular flexibility index (Phi) is 6.31. The molecule has 4 rings (SSSR count). The molecule has 0 radical (unpaired) electrons. The zero-order chi connectivity index (χ0) is 20.9. The lowest BCUT2D eigenvalue weighted by atomic mass is 10.1. The molecular formula is C24H30N2O4. The molecule has 6 heteroatoms. The van der Waals surface area contributed by atoms with Crippen molar-refractivity contribution >= 4 is 11.8 Å². The SMILES string of the molecule is COC(=O)NC(C)c1ccc(OC2CCN(c3ccc(OCC4CC4)cc3)C2)cc1. The summed E-state index contributed by atoms with van der Waals surface area (Å²) in [5.41, 5.74) is 2.21. The summed E-state index contributed by atoms with van der Waals surface area (Å²) in [7, 11) is 1.36. The Morgan fingerprint density at radius 2 is 1.77 bits per heavy atom. The van der Waals surface area contributed by atoms with E-state index in [0.29, 0.717) is 0 Å². The lowest BCUT2D eigenvalue weighted by Gasteiger charge is -2.20. The topological polar surface area (TPSA) is 60.0 Å². The summed E-state index contributed by atoms with van der Waals surface area (Å²) in [6.07, 6.45) is 3.32. The number of benzene rings is 2. The van der Waals surface area contributed by atoms with E-state index in [2.05, 4.69) is 39.2 Å². The maximum absolute atomic E-state index is 11.4. The summed E-state index contributed by atoms with van der Waals surface area (Å²) in [6.45, 7) is 4.61. The second-order valence-corrected chi connectivity index (χ2v) is 8.15. The Morgan fingerprint density at radius 3 is 2.43 bits per heavy atom. The van der Waals surface area contributed by atoms with Gasteiger partial charge in [0.1, 0.15) is 17.6 Å². The van der Waals surface area contributed by atoms with Gasteiger partial charge in [-0.25, -0.2) is 4.79 Å². The molecule has 2 aromatic rings. The van der Waals surface area contributed by atoms with Crippen LogP contribution in [0, 0.1) is 5.92 Å². The molecule has 2 atom stereocenters. The fourth-order valence-corrected chi connectivity index (χ4v) is 3.66. The summed E-state index contributed by atoms with van der Waals surface area (Å²) in [5.74, 6) is 2.57. The van der Waals surface area contributed by atoms with Crippen LogP contribution in [0.25, 0.3) is 0 Å². The van der Waals surface area contributed by atoms with Gasteiger partial charge in [-0.15, -0.1) is 0 Å². The summed E-state index contributed by atoms with van der Waals surface area (Å²) in [6, 6.07) is 16.1. The van der Waals surface area contributed by atoms with Gasteiger partial charge in [0.05, 0.1) is 26.3 Å². The minimum Gasteiger partial charge on any atom is -0.493 e. The predicted molar refractivity (Wildman–Crippen MR) is 116 cm³/mol. The smallest absolute Gasteiger partial charge is 0.407 e. The van der Waals surface area contributed by atoms with Crippen LogP contribution < -0.4 is 19.7 Å². The number of nitrogens with zero attached hydrogens (tertiary/aromatic N) is 1. The number of hydrogen-bond acceptors (Lipinski definition) is 5. The molecule has 1 amide bonds. The van der Waals surface area contributed by atoms with Crippen LogP contribution in [0.1, 0.15) is 37.8 Å². The van der Waals surface area contributed by atoms with Crippen molar-refractivity contribution in [2.45, 2.75) is 38.3 Å². The van der Waals surface area contributed by atoms with Gasteiger partial charge in [0, 0.05) is 18.7 Å². The van der Waals surface area contributed by atoms with Crippen LogP contribution >= 0.6 is 0 Å². The maximum atomic E-state index is 11.4. The first-order valence-electron chi connectivity index (χ1n) is 10.7. The van der Waals surface area contributed by atoms with E-state index in [4.69, 9.17) is 9.47 Å². The van der Waals surface area contributed by atoms with Gasteiger partial charge in [-0.3, -0.25) is 0 Å². The highest BCUT2D eigenvalue weighted by molar-refractivity contribution is 5.67. The van der Waals surface area contributed by atoms with E-state index in [-0.39, 0.29) is 12.1 Å². The minimum atomic E-state index is -0.434. The van der Waals surface area contributed by atoms with Crippen LogP contribution in [0.15, 0.2) is 48.5 Å². The van der Waals surface area contributed by atoms with Gasteiger partial charge in [-0.2, -0.15) is 0 Å². The van der Waals surface area contributed by atoms with Crippen LogP contribution in [0.4, 0.5) is 10.5 Å². The number of methoxy groups -OCH3 is 1. The molecule has 1 saturated heterocycles. The molecular weight excluding hydrogens is 380 g/mol. The quantitative estimate of drug-likeness (QED) is 0.692. The molecule has 160 valence electrons. The van der Waals surface area contributed by atoms with Crippen LogP contribution in [0.5, 0.6) is 11.5 Å². The molecule has 2 aromatic carbocycles. The van der Waals surface area contributed by atoms with Gasteiger partial charge < -0.3 is 24.4 Å². The molecule has 2 unspecified atom stereocenters. The van der Waals surface area contributed by atoms with Crippen LogP contribution in [-0.2, 0) is 4.74 Å². The summed E-state index contributed by atoms with van der Waals surface area (Å²) >= 11 is 0. The number of carbonyl (C=O) groups is 1. The Morgan fingerprint density at radius 1 is 1.07 bits per heavy atom. The molecule has 0 aromatic heterocycles. The number of alkyl carbamates (subject to hydrolysis) is 1. The number of anilines is 1. The number of ether oxygens (including phenoxy) is 3. The van der Waals surface area contributed by atoms with Crippen molar-refractivity contribution in [3.8, 4) is 11.5 Å². The molecule has 6 nitrogen and oxygen atoms in total. The molecule has 1 aliphatic carbocycles. The maximum Gasteiger partial charge on any atom is 0.407 e. The average Bonchev–Trinajstić information content (AvgIpc) is 3.49. The van der Waals surface area contributed by atoms with Crippen molar-refractivity contribution in [1.29, 1.82) is 0 Å². The van der Waals surface area contributed by atoms with Crippen molar-refractivity contribution in [1.82, 2.24) is 5.32 Å². The van der Waals surface area contributed by atoms with Gasteiger partial charge in [0.15, 0.2) is 0 Å².